The number of hydrogen-bond donors (Lipinski definition) is 2. The summed E-state index contributed by atoms with van der Waals surface area (Å²) in [6.45, 7) is 2.51. The van der Waals surface area contributed by atoms with Gasteiger partial charge in [0.15, 0.2) is 0 Å². The van der Waals surface area contributed by atoms with Gasteiger partial charge >= 0.3 is 0 Å². The van der Waals surface area contributed by atoms with E-state index in [0.29, 0.717) is 6.54 Å². The van der Waals surface area contributed by atoms with Gasteiger partial charge in [-0.15, -0.1) is 0 Å². The molecule has 1 aliphatic carbocycles. The van der Waals surface area contributed by atoms with Gasteiger partial charge in [-0.1, -0.05) is 19.3 Å². The van der Waals surface area contributed by atoms with Crippen molar-refractivity contribution in [2.24, 2.45) is 16.8 Å². The van der Waals surface area contributed by atoms with E-state index in [4.69, 9.17) is 5.73 Å². The zero-order valence-electron chi connectivity index (χ0n) is 11.7. The van der Waals surface area contributed by atoms with Gasteiger partial charge in [-0.25, -0.2) is 5.01 Å². The number of aliphatic hydroxyl groups excluding tert-OH is 1. The molecule has 1 heterocycles. The quantitative estimate of drug-likeness (QED) is 0.752. The third kappa shape index (κ3) is 3.15. The summed E-state index contributed by atoms with van der Waals surface area (Å²) >= 11 is 0. The highest BCUT2D eigenvalue weighted by Crippen LogP contribution is 2.29. The molecule has 0 aromatic heterocycles. The van der Waals surface area contributed by atoms with Crippen molar-refractivity contribution in [2.45, 2.75) is 64.0 Å². The first-order valence-corrected chi connectivity index (χ1v) is 7.41. The van der Waals surface area contributed by atoms with E-state index in [1.54, 1.807) is 5.01 Å². The van der Waals surface area contributed by atoms with E-state index in [9.17, 15) is 9.90 Å². The van der Waals surface area contributed by atoms with Crippen molar-refractivity contribution in [3.63, 3.8) is 0 Å². The number of carbonyl (C=O) groups excluding carboxylic acids is 1. The second-order valence-electron chi connectivity index (χ2n) is 5.68. The molecule has 3 N–H and O–H groups in total. The van der Waals surface area contributed by atoms with Crippen molar-refractivity contribution >= 4 is 11.6 Å². The average molecular weight is 267 g/mol. The molecule has 3 atom stereocenters. The van der Waals surface area contributed by atoms with Crippen LogP contribution in [0.25, 0.3) is 0 Å². The van der Waals surface area contributed by atoms with Crippen LogP contribution in [0.3, 0.4) is 0 Å². The Kier molecular flexibility index (Phi) is 4.93. The summed E-state index contributed by atoms with van der Waals surface area (Å²) in [7, 11) is 0. The number of aliphatic hydroxyl groups is 1. The topological polar surface area (TPSA) is 78.9 Å². The molecule has 5 heteroatoms. The molecule has 1 amide bonds. The first-order valence-electron chi connectivity index (χ1n) is 7.41. The standard InChI is InChI=1S/C14H25N3O2/c1-10-11(6-5-9-15)14(19)17(16-10)12-7-3-2-4-8-13(12)18/h11-13,18H,2-9,15H2,1H3. The molecule has 0 bridgehead atoms. The smallest absolute Gasteiger partial charge is 0.251 e. The Morgan fingerprint density at radius 1 is 1.37 bits per heavy atom. The molecule has 1 saturated carbocycles. The maximum absolute atomic E-state index is 12.4. The Bertz CT molecular complexity index is 357. The molecule has 0 spiro atoms. The lowest BCUT2D eigenvalue weighted by Crippen LogP contribution is -2.43. The fourth-order valence-corrected chi connectivity index (χ4v) is 3.07. The van der Waals surface area contributed by atoms with Crippen LogP contribution in [0.15, 0.2) is 5.10 Å². The van der Waals surface area contributed by atoms with E-state index in [-0.39, 0.29) is 17.9 Å². The van der Waals surface area contributed by atoms with E-state index in [1.165, 1.54) is 0 Å². The van der Waals surface area contributed by atoms with E-state index in [1.807, 2.05) is 6.92 Å². The zero-order valence-corrected chi connectivity index (χ0v) is 11.7. The van der Waals surface area contributed by atoms with E-state index < -0.39 is 6.10 Å². The number of nitrogens with zero attached hydrogens (tertiary/aromatic N) is 2. The van der Waals surface area contributed by atoms with Gasteiger partial charge < -0.3 is 10.8 Å². The minimum Gasteiger partial charge on any atom is -0.391 e. The van der Waals surface area contributed by atoms with Gasteiger partial charge in [0.05, 0.1) is 18.1 Å². The second-order valence-corrected chi connectivity index (χ2v) is 5.68. The second kappa shape index (κ2) is 6.48. The molecule has 0 aromatic carbocycles. The van der Waals surface area contributed by atoms with Gasteiger partial charge in [0.25, 0.3) is 5.91 Å². The number of rotatable bonds is 4. The SMILES string of the molecule is CC1=NN(C2CCCCCC2O)C(=O)C1CCCN. The summed E-state index contributed by atoms with van der Waals surface area (Å²) in [6, 6.07) is -0.132. The minimum absolute atomic E-state index is 0.0527. The van der Waals surface area contributed by atoms with Crippen LogP contribution >= 0.6 is 0 Å². The predicted molar refractivity (Wildman–Crippen MR) is 74.6 cm³/mol. The summed E-state index contributed by atoms with van der Waals surface area (Å²) in [5.74, 6) is -0.0732. The average Bonchev–Trinajstić information content (AvgIpc) is 2.55. The molecule has 0 radical (unpaired) electrons. The van der Waals surface area contributed by atoms with E-state index in [0.717, 1.165) is 50.7 Å². The summed E-state index contributed by atoms with van der Waals surface area (Å²) < 4.78 is 0. The van der Waals surface area contributed by atoms with Gasteiger partial charge in [0.1, 0.15) is 0 Å². The Hall–Kier alpha value is -0.940. The summed E-state index contributed by atoms with van der Waals surface area (Å²) in [5.41, 5.74) is 6.38. The Morgan fingerprint density at radius 2 is 2.11 bits per heavy atom. The molecule has 2 aliphatic rings. The van der Waals surface area contributed by atoms with Crippen LogP contribution in [0.1, 0.15) is 51.9 Å². The van der Waals surface area contributed by atoms with Crippen LogP contribution in [-0.2, 0) is 4.79 Å². The van der Waals surface area contributed by atoms with Crippen molar-refractivity contribution < 1.29 is 9.90 Å². The van der Waals surface area contributed by atoms with Crippen LogP contribution < -0.4 is 5.73 Å². The number of amides is 1. The Balaban J connectivity index is 2.06. The molecule has 19 heavy (non-hydrogen) atoms. The Morgan fingerprint density at radius 3 is 2.84 bits per heavy atom. The largest absolute Gasteiger partial charge is 0.391 e. The van der Waals surface area contributed by atoms with Crippen LogP contribution in [0.5, 0.6) is 0 Å². The van der Waals surface area contributed by atoms with Crippen LogP contribution in [0.4, 0.5) is 0 Å². The fraction of sp³-hybridized carbons (Fsp3) is 0.857. The third-order valence-corrected chi connectivity index (χ3v) is 4.25. The molecule has 1 aliphatic heterocycles. The highest BCUT2D eigenvalue weighted by molar-refractivity contribution is 6.06. The zero-order chi connectivity index (χ0) is 13.8. The van der Waals surface area contributed by atoms with Gasteiger partial charge in [-0.2, -0.15) is 5.10 Å². The summed E-state index contributed by atoms with van der Waals surface area (Å²) in [6.07, 6.45) is 6.04. The van der Waals surface area contributed by atoms with Gasteiger partial charge in [0, 0.05) is 5.71 Å². The van der Waals surface area contributed by atoms with Gasteiger partial charge in [-0.3, -0.25) is 4.79 Å². The summed E-state index contributed by atoms with van der Waals surface area (Å²) in [4.78, 5) is 12.4. The van der Waals surface area contributed by atoms with Crippen LogP contribution in [-0.4, -0.2) is 40.4 Å². The third-order valence-electron chi connectivity index (χ3n) is 4.25. The molecule has 0 aromatic rings. The van der Waals surface area contributed by atoms with Crippen molar-refractivity contribution in [1.29, 1.82) is 0 Å². The predicted octanol–water partition coefficient (Wildman–Crippen LogP) is 1.25. The van der Waals surface area contributed by atoms with Crippen molar-refractivity contribution in [1.82, 2.24) is 5.01 Å². The first-order chi connectivity index (χ1) is 9.15. The highest BCUT2D eigenvalue weighted by atomic mass is 16.3. The van der Waals surface area contributed by atoms with Crippen molar-refractivity contribution in [3.05, 3.63) is 0 Å². The van der Waals surface area contributed by atoms with Crippen molar-refractivity contribution in [2.75, 3.05) is 6.54 Å². The van der Waals surface area contributed by atoms with Crippen LogP contribution in [0.2, 0.25) is 0 Å². The Labute approximate surface area is 114 Å². The molecule has 2 rings (SSSR count). The molecule has 5 nitrogen and oxygen atoms in total. The van der Waals surface area contributed by atoms with E-state index in [2.05, 4.69) is 5.10 Å². The fourth-order valence-electron chi connectivity index (χ4n) is 3.07. The van der Waals surface area contributed by atoms with Gasteiger partial charge in [-0.05, 0) is 39.2 Å². The minimum atomic E-state index is -0.434. The van der Waals surface area contributed by atoms with E-state index >= 15 is 0 Å². The lowest BCUT2D eigenvalue weighted by molar-refractivity contribution is -0.136. The monoisotopic (exact) mass is 267 g/mol. The van der Waals surface area contributed by atoms with Crippen LogP contribution in [0, 0.1) is 5.92 Å². The highest BCUT2D eigenvalue weighted by Gasteiger charge is 2.39. The number of hydrogen-bond acceptors (Lipinski definition) is 4. The molecular formula is C14H25N3O2. The van der Waals surface area contributed by atoms with Gasteiger partial charge in [0.2, 0.25) is 0 Å². The number of hydrazone groups is 1. The lowest BCUT2D eigenvalue weighted by atomic mass is 9.97. The summed E-state index contributed by atoms with van der Waals surface area (Å²) in [5, 5.41) is 16.2. The normalized spacial score (nSPS) is 32.4. The first kappa shape index (κ1) is 14.5. The lowest BCUT2D eigenvalue weighted by Gasteiger charge is -2.28. The molecule has 3 unspecified atom stereocenters. The van der Waals surface area contributed by atoms with Crippen molar-refractivity contribution in [3.8, 4) is 0 Å². The molecule has 108 valence electrons. The molecular weight excluding hydrogens is 242 g/mol. The maximum atomic E-state index is 12.4. The maximum Gasteiger partial charge on any atom is 0.251 e. The number of carbonyl (C=O) groups is 1. The number of nitrogens with two attached hydrogens (primary N) is 1. The molecule has 1 fully saturated rings. The molecule has 0 saturated heterocycles.